The van der Waals surface area contributed by atoms with Crippen LogP contribution in [-0.4, -0.2) is 0 Å². The van der Waals surface area contributed by atoms with Crippen molar-refractivity contribution in [3.05, 3.63) is 24.3 Å². The molecule has 0 aliphatic heterocycles. The van der Waals surface area contributed by atoms with E-state index in [1.165, 1.54) is 83.5 Å². The minimum atomic E-state index is 0.799. The van der Waals surface area contributed by atoms with Crippen molar-refractivity contribution in [3.8, 4) is 6.07 Å². The molecule has 0 unspecified atom stereocenters. The molecule has 0 aromatic rings. The maximum Gasteiger partial charge on any atom is 0.0908 e. The lowest BCUT2D eigenvalue weighted by atomic mass is 9.70. The Labute approximate surface area is 156 Å². The van der Waals surface area contributed by atoms with Crippen molar-refractivity contribution >= 4 is 0 Å². The molecule has 0 aromatic carbocycles. The molecule has 2 rings (SSSR count). The van der Waals surface area contributed by atoms with Crippen molar-refractivity contribution in [1.29, 1.82) is 5.26 Å². The van der Waals surface area contributed by atoms with Crippen LogP contribution in [0.2, 0.25) is 0 Å². The van der Waals surface area contributed by atoms with Gasteiger partial charge in [-0.25, -0.2) is 0 Å². The minimum Gasteiger partial charge on any atom is -0.193 e. The minimum absolute atomic E-state index is 0.799. The van der Waals surface area contributed by atoms with Gasteiger partial charge in [0.2, 0.25) is 0 Å². The Hall–Kier alpha value is -1.03. The van der Waals surface area contributed by atoms with Crippen molar-refractivity contribution in [2.75, 3.05) is 0 Å². The van der Waals surface area contributed by atoms with Gasteiger partial charge >= 0.3 is 0 Å². The number of hydrogen-bond donors (Lipinski definition) is 0. The van der Waals surface area contributed by atoms with Gasteiger partial charge in [0.05, 0.1) is 6.07 Å². The van der Waals surface area contributed by atoms with Crippen molar-refractivity contribution in [3.63, 3.8) is 0 Å². The topological polar surface area (TPSA) is 23.8 Å². The highest BCUT2D eigenvalue weighted by Gasteiger charge is 2.29. The molecule has 0 aromatic heterocycles. The molecule has 0 saturated heterocycles. The van der Waals surface area contributed by atoms with Crippen molar-refractivity contribution in [2.24, 2.45) is 23.7 Å². The first kappa shape index (κ1) is 20.3. The summed E-state index contributed by atoms with van der Waals surface area (Å²) >= 11 is 0. The van der Waals surface area contributed by atoms with Crippen molar-refractivity contribution in [1.82, 2.24) is 0 Å². The second-order valence-corrected chi connectivity index (χ2v) is 8.61. The number of allylic oxidation sites excluding steroid dienone is 3. The van der Waals surface area contributed by atoms with Crippen LogP contribution in [0, 0.1) is 35.0 Å². The van der Waals surface area contributed by atoms with Gasteiger partial charge < -0.3 is 0 Å². The summed E-state index contributed by atoms with van der Waals surface area (Å²) in [6, 6.07) is 2.09. The Morgan fingerprint density at radius 2 is 1.48 bits per heavy atom. The molecule has 0 amide bonds. The molecule has 140 valence electrons. The summed E-state index contributed by atoms with van der Waals surface area (Å²) in [5.41, 5.74) is 1.61. The molecule has 0 bridgehead atoms. The summed E-state index contributed by atoms with van der Waals surface area (Å²) in [6.45, 7) is 6.87. The number of hydrogen-bond acceptors (Lipinski definition) is 1. The molecule has 2 aliphatic carbocycles. The highest BCUT2D eigenvalue weighted by molar-refractivity contribution is 5.08. The van der Waals surface area contributed by atoms with E-state index < -0.39 is 0 Å². The first-order valence-electron chi connectivity index (χ1n) is 11.0. The first-order valence-corrected chi connectivity index (χ1v) is 11.0. The quantitative estimate of drug-likeness (QED) is 0.241. The Kier molecular flexibility index (Phi) is 9.38. The molecule has 0 heterocycles. The zero-order valence-electron chi connectivity index (χ0n) is 16.5. The standard InChI is InChI=1S/C24H39N/c1-3-4-6-9-21-11-15-23(16-12-21)20(2)24-17-13-22(14-18-24)10-7-5-8-19-25/h5,8,21-24H,2-4,6-7,9-18H2,1H3/b8-5+. The Balaban J connectivity index is 1.64. The zero-order valence-corrected chi connectivity index (χ0v) is 16.5. The maximum absolute atomic E-state index is 8.55. The van der Waals surface area contributed by atoms with Crippen LogP contribution >= 0.6 is 0 Å². The second kappa shape index (κ2) is 11.6. The lowest BCUT2D eigenvalue weighted by molar-refractivity contribution is 0.239. The Bertz CT molecular complexity index is 439. The molecule has 1 nitrogen and oxygen atoms in total. The number of rotatable bonds is 9. The summed E-state index contributed by atoms with van der Waals surface area (Å²) in [6.07, 6.45) is 22.9. The lowest BCUT2D eigenvalue weighted by Gasteiger charge is -2.36. The molecule has 0 radical (unpaired) electrons. The summed E-state index contributed by atoms with van der Waals surface area (Å²) < 4.78 is 0. The third-order valence-corrected chi connectivity index (χ3v) is 6.89. The van der Waals surface area contributed by atoms with Crippen LogP contribution in [0.4, 0.5) is 0 Å². The van der Waals surface area contributed by atoms with Crippen LogP contribution in [0.3, 0.4) is 0 Å². The van der Waals surface area contributed by atoms with E-state index in [1.807, 2.05) is 6.08 Å². The van der Waals surface area contributed by atoms with E-state index in [-0.39, 0.29) is 0 Å². The summed E-state index contributed by atoms with van der Waals surface area (Å²) in [5, 5.41) is 8.55. The predicted octanol–water partition coefficient (Wildman–Crippen LogP) is 7.60. The van der Waals surface area contributed by atoms with Crippen LogP contribution < -0.4 is 0 Å². The largest absolute Gasteiger partial charge is 0.193 e. The Morgan fingerprint density at radius 1 is 0.920 bits per heavy atom. The molecule has 0 spiro atoms. The first-order chi connectivity index (χ1) is 12.2. The highest BCUT2D eigenvalue weighted by atomic mass is 14.3. The number of nitrogens with zero attached hydrogens (tertiary/aromatic N) is 1. The van der Waals surface area contributed by atoms with Crippen LogP contribution in [0.1, 0.15) is 96.8 Å². The monoisotopic (exact) mass is 341 g/mol. The average Bonchev–Trinajstić information content (AvgIpc) is 2.66. The van der Waals surface area contributed by atoms with Gasteiger partial charge in [0, 0.05) is 6.08 Å². The van der Waals surface area contributed by atoms with Gasteiger partial charge in [0.1, 0.15) is 0 Å². The molecular formula is C24H39N. The van der Waals surface area contributed by atoms with Gasteiger partial charge in [0.25, 0.3) is 0 Å². The smallest absolute Gasteiger partial charge is 0.0908 e. The van der Waals surface area contributed by atoms with E-state index in [0.717, 1.165) is 30.1 Å². The summed E-state index contributed by atoms with van der Waals surface area (Å²) in [4.78, 5) is 0. The Morgan fingerprint density at radius 3 is 2.00 bits per heavy atom. The second-order valence-electron chi connectivity index (χ2n) is 8.61. The molecule has 2 fully saturated rings. The average molecular weight is 342 g/mol. The number of unbranched alkanes of at least 4 members (excludes halogenated alkanes) is 2. The van der Waals surface area contributed by atoms with Gasteiger partial charge in [-0.1, -0.05) is 50.8 Å². The predicted molar refractivity (Wildman–Crippen MR) is 108 cm³/mol. The van der Waals surface area contributed by atoms with Crippen molar-refractivity contribution in [2.45, 2.75) is 96.8 Å². The van der Waals surface area contributed by atoms with E-state index in [4.69, 9.17) is 5.26 Å². The van der Waals surface area contributed by atoms with Gasteiger partial charge in [-0.2, -0.15) is 5.26 Å². The molecule has 2 aliphatic rings. The maximum atomic E-state index is 8.55. The van der Waals surface area contributed by atoms with E-state index in [2.05, 4.69) is 19.6 Å². The molecule has 0 atom stereocenters. The van der Waals surface area contributed by atoms with Crippen LogP contribution in [0.5, 0.6) is 0 Å². The fourth-order valence-corrected chi connectivity index (χ4v) is 5.13. The third kappa shape index (κ3) is 7.01. The van der Waals surface area contributed by atoms with E-state index in [0.29, 0.717) is 0 Å². The summed E-state index contributed by atoms with van der Waals surface area (Å²) in [7, 11) is 0. The van der Waals surface area contributed by atoms with Gasteiger partial charge in [-0.3, -0.25) is 0 Å². The van der Waals surface area contributed by atoms with Gasteiger partial charge in [-0.05, 0) is 87.9 Å². The van der Waals surface area contributed by atoms with Crippen LogP contribution in [-0.2, 0) is 0 Å². The molecule has 1 heteroatoms. The van der Waals surface area contributed by atoms with Gasteiger partial charge in [-0.15, -0.1) is 0 Å². The summed E-state index contributed by atoms with van der Waals surface area (Å²) in [5.74, 6) is 3.50. The van der Waals surface area contributed by atoms with Crippen LogP contribution in [0.15, 0.2) is 24.3 Å². The normalized spacial score (nSPS) is 30.2. The molecular weight excluding hydrogens is 302 g/mol. The van der Waals surface area contributed by atoms with E-state index >= 15 is 0 Å². The molecule has 2 saturated carbocycles. The van der Waals surface area contributed by atoms with Crippen LogP contribution in [0.25, 0.3) is 0 Å². The highest BCUT2D eigenvalue weighted by Crippen LogP contribution is 2.42. The van der Waals surface area contributed by atoms with Gasteiger partial charge in [0.15, 0.2) is 0 Å². The molecule has 0 N–H and O–H groups in total. The fraction of sp³-hybridized carbons (Fsp3) is 0.792. The lowest BCUT2D eigenvalue weighted by Crippen LogP contribution is -2.23. The third-order valence-electron chi connectivity index (χ3n) is 6.89. The van der Waals surface area contributed by atoms with Crippen molar-refractivity contribution < 1.29 is 0 Å². The molecule has 25 heavy (non-hydrogen) atoms. The SMILES string of the molecule is C=C(C1CCC(CC/C=C/C#N)CC1)C1CCC(CCCCC)CC1. The zero-order chi connectivity index (χ0) is 17.9. The van der Waals surface area contributed by atoms with E-state index in [9.17, 15) is 0 Å². The van der Waals surface area contributed by atoms with E-state index in [1.54, 1.807) is 11.6 Å². The fourth-order valence-electron chi connectivity index (χ4n) is 5.13. The number of nitriles is 1.